The lowest BCUT2D eigenvalue weighted by molar-refractivity contribution is -0.386. The monoisotopic (exact) mass is 637 g/mol. The number of nitro benzene ring substituents is 1. The highest BCUT2D eigenvalue weighted by molar-refractivity contribution is 14.1. The number of halogens is 1. The Balaban J connectivity index is 1.60. The molecule has 38 heavy (non-hydrogen) atoms. The van der Waals surface area contributed by atoms with Crippen molar-refractivity contribution in [1.29, 1.82) is 0 Å². The van der Waals surface area contributed by atoms with Crippen LogP contribution in [0.2, 0.25) is 0 Å². The van der Waals surface area contributed by atoms with Crippen LogP contribution >= 0.6 is 33.9 Å². The van der Waals surface area contributed by atoms with Gasteiger partial charge in [0.25, 0.3) is 5.56 Å². The Labute approximate surface area is 234 Å². The van der Waals surface area contributed by atoms with E-state index in [1.165, 1.54) is 23.0 Å². The van der Waals surface area contributed by atoms with Crippen molar-refractivity contribution in [1.82, 2.24) is 4.57 Å². The van der Waals surface area contributed by atoms with E-state index in [2.05, 4.69) is 12.1 Å². The number of hydrogen-bond acceptors (Lipinski definition) is 7. The molecular formula is C28H20IN3O5S. The van der Waals surface area contributed by atoms with Crippen LogP contribution in [-0.4, -0.2) is 21.7 Å². The molecule has 1 aliphatic heterocycles. The Morgan fingerprint density at radius 2 is 1.95 bits per heavy atom. The lowest BCUT2D eigenvalue weighted by Gasteiger charge is -2.30. The van der Waals surface area contributed by atoms with Crippen LogP contribution in [0.5, 0.6) is 11.5 Å². The number of aromatic nitrogens is 1. The first-order valence-electron chi connectivity index (χ1n) is 11.8. The number of rotatable bonds is 4. The molecule has 6 rings (SSSR count). The highest BCUT2D eigenvalue weighted by Gasteiger charge is 2.32. The van der Waals surface area contributed by atoms with E-state index in [0.29, 0.717) is 18.5 Å². The molecule has 1 N–H and O–H groups in total. The predicted molar refractivity (Wildman–Crippen MR) is 153 cm³/mol. The second kappa shape index (κ2) is 9.52. The van der Waals surface area contributed by atoms with Crippen molar-refractivity contribution >= 4 is 51.4 Å². The van der Waals surface area contributed by atoms with Crippen LogP contribution in [0.1, 0.15) is 34.7 Å². The summed E-state index contributed by atoms with van der Waals surface area (Å²) in [6, 6.07) is 18.5. The molecule has 0 saturated carbocycles. The number of phenols is 1. The van der Waals surface area contributed by atoms with Gasteiger partial charge in [0, 0.05) is 11.6 Å². The molecule has 1 aliphatic carbocycles. The maximum Gasteiger partial charge on any atom is 0.312 e. The van der Waals surface area contributed by atoms with E-state index in [1.54, 1.807) is 23.8 Å². The zero-order valence-electron chi connectivity index (χ0n) is 20.1. The van der Waals surface area contributed by atoms with Gasteiger partial charge in [-0.05, 0) is 82.0 Å². The van der Waals surface area contributed by atoms with E-state index in [1.807, 2.05) is 59.0 Å². The normalized spacial score (nSPS) is 16.4. The number of allylic oxidation sites excluding steroid dienone is 1. The number of methoxy groups -OCH3 is 1. The van der Waals surface area contributed by atoms with E-state index in [9.17, 15) is 20.0 Å². The molecule has 0 unspecified atom stereocenters. The summed E-state index contributed by atoms with van der Waals surface area (Å²) < 4.78 is 7.82. The van der Waals surface area contributed by atoms with Crippen LogP contribution in [0.4, 0.5) is 5.69 Å². The van der Waals surface area contributed by atoms with Crippen molar-refractivity contribution in [3.63, 3.8) is 0 Å². The first-order valence-corrected chi connectivity index (χ1v) is 13.7. The number of nitro groups is 1. The molecule has 2 heterocycles. The number of nitrogens with zero attached hydrogens (tertiary/aromatic N) is 3. The lowest BCUT2D eigenvalue weighted by atomic mass is 9.83. The van der Waals surface area contributed by atoms with Crippen LogP contribution in [0.15, 0.2) is 76.0 Å². The summed E-state index contributed by atoms with van der Waals surface area (Å²) in [4.78, 5) is 30.2. The first-order chi connectivity index (χ1) is 18.4. The van der Waals surface area contributed by atoms with Crippen molar-refractivity contribution in [2.24, 2.45) is 4.99 Å². The van der Waals surface area contributed by atoms with Gasteiger partial charge in [-0.25, -0.2) is 4.99 Å². The van der Waals surface area contributed by atoms with Crippen molar-refractivity contribution in [2.75, 3.05) is 7.11 Å². The van der Waals surface area contributed by atoms with Crippen molar-refractivity contribution in [3.8, 4) is 11.5 Å². The Kier molecular flexibility index (Phi) is 6.15. The van der Waals surface area contributed by atoms with Gasteiger partial charge in [-0.1, -0.05) is 47.7 Å². The van der Waals surface area contributed by atoms with Crippen LogP contribution < -0.4 is 19.6 Å². The van der Waals surface area contributed by atoms with E-state index in [-0.39, 0.29) is 17.4 Å². The third-order valence-electron chi connectivity index (χ3n) is 6.86. The Hall–Kier alpha value is -3.77. The molecular weight excluding hydrogens is 617 g/mol. The third kappa shape index (κ3) is 4.04. The van der Waals surface area contributed by atoms with Crippen molar-refractivity contribution < 1.29 is 14.8 Å². The van der Waals surface area contributed by atoms with Gasteiger partial charge < -0.3 is 9.84 Å². The number of benzene rings is 3. The highest BCUT2D eigenvalue weighted by Crippen LogP contribution is 2.41. The average molecular weight is 637 g/mol. The smallest absolute Gasteiger partial charge is 0.312 e. The summed E-state index contributed by atoms with van der Waals surface area (Å²) in [6.07, 6.45) is 3.26. The number of phenolic OH excluding ortho intramolecular Hbond substituents is 1. The van der Waals surface area contributed by atoms with Gasteiger partial charge in [-0.15, -0.1) is 0 Å². The molecule has 0 amide bonds. The summed E-state index contributed by atoms with van der Waals surface area (Å²) in [5.41, 5.74) is 5.08. The van der Waals surface area contributed by atoms with E-state index in [4.69, 9.17) is 9.73 Å². The highest BCUT2D eigenvalue weighted by atomic mass is 127. The molecule has 3 aromatic carbocycles. The van der Waals surface area contributed by atoms with Crippen LogP contribution in [0.3, 0.4) is 0 Å². The second-order valence-electron chi connectivity index (χ2n) is 9.01. The molecule has 2 aliphatic rings. The fraction of sp³-hybridized carbons (Fsp3) is 0.143. The van der Waals surface area contributed by atoms with Gasteiger partial charge in [0.15, 0.2) is 4.80 Å². The number of aryl methyl sites for hydroxylation is 1. The van der Waals surface area contributed by atoms with Gasteiger partial charge in [-0.3, -0.25) is 19.5 Å². The Bertz CT molecular complexity index is 1840. The minimum absolute atomic E-state index is 0.217. The third-order valence-corrected chi connectivity index (χ3v) is 8.67. The van der Waals surface area contributed by atoms with Crippen LogP contribution in [0.25, 0.3) is 11.8 Å². The number of fused-ring (bicyclic) bond motifs is 3. The molecule has 0 fully saturated rings. The summed E-state index contributed by atoms with van der Waals surface area (Å²) >= 11 is 3.10. The predicted octanol–water partition coefficient (Wildman–Crippen LogP) is 4.55. The first kappa shape index (κ1) is 24.6. The molecule has 190 valence electrons. The molecule has 0 bridgehead atoms. The van der Waals surface area contributed by atoms with E-state index >= 15 is 0 Å². The summed E-state index contributed by atoms with van der Waals surface area (Å²) in [6.45, 7) is 0. The standard InChI is InChI=1S/C28H20IN3O5S/c1-37-18-9-6-17(7-10-18)25-20-11-8-16-4-2-3-5-19(16)24(20)30-28-31(25)27(34)23(38-28)14-15-12-21(29)26(33)22(13-15)32(35)36/h2-7,9-10,12-14,25,33H,8,11H2,1H3/b23-14+/t25-/m1/s1. The molecule has 1 aromatic heterocycles. The van der Waals surface area contributed by atoms with Crippen LogP contribution in [-0.2, 0) is 6.42 Å². The molecule has 0 radical (unpaired) electrons. The van der Waals surface area contributed by atoms with Gasteiger partial charge in [-0.2, -0.15) is 0 Å². The largest absolute Gasteiger partial charge is 0.501 e. The molecule has 0 spiro atoms. The zero-order chi connectivity index (χ0) is 26.6. The van der Waals surface area contributed by atoms with Gasteiger partial charge in [0.05, 0.1) is 31.9 Å². The molecule has 4 aromatic rings. The number of thiazole rings is 1. The quantitative estimate of drug-likeness (QED) is 0.201. The number of ether oxygens (including phenoxy) is 1. The van der Waals surface area contributed by atoms with Crippen LogP contribution in [0, 0.1) is 13.7 Å². The SMILES string of the molecule is COc1ccc([C@@H]2C3=C(N=c4s/c(=C/c5cc(I)c(O)c([N+](=O)[O-])c5)c(=O)n42)c2ccccc2CC3)cc1. The number of aromatic hydroxyl groups is 1. The minimum Gasteiger partial charge on any atom is -0.501 e. The van der Waals surface area contributed by atoms with E-state index in [0.717, 1.165) is 41.0 Å². The van der Waals surface area contributed by atoms with Crippen molar-refractivity contribution in [2.45, 2.75) is 18.9 Å². The lowest BCUT2D eigenvalue weighted by Crippen LogP contribution is -2.38. The van der Waals surface area contributed by atoms with E-state index < -0.39 is 10.6 Å². The van der Waals surface area contributed by atoms with Crippen molar-refractivity contribution in [3.05, 3.63) is 122 Å². The van der Waals surface area contributed by atoms with Gasteiger partial charge in [0.2, 0.25) is 5.75 Å². The Morgan fingerprint density at radius 1 is 1.18 bits per heavy atom. The summed E-state index contributed by atoms with van der Waals surface area (Å²) in [5.74, 6) is 0.341. The maximum atomic E-state index is 13.9. The topological polar surface area (TPSA) is 107 Å². The average Bonchev–Trinajstić information content (AvgIpc) is 3.23. The second-order valence-corrected chi connectivity index (χ2v) is 11.2. The molecule has 8 nitrogen and oxygen atoms in total. The molecule has 10 heteroatoms. The fourth-order valence-corrected chi connectivity index (χ4v) is 6.72. The van der Waals surface area contributed by atoms with Gasteiger partial charge >= 0.3 is 5.69 Å². The summed E-state index contributed by atoms with van der Waals surface area (Å²) in [5, 5.41) is 21.5. The number of hydrogen-bond donors (Lipinski definition) is 1. The minimum atomic E-state index is -0.633. The molecule has 1 atom stereocenters. The molecule has 0 saturated heterocycles. The van der Waals surface area contributed by atoms with Gasteiger partial charge in [0.1, 0.15) is 5.75 Å². The fourth-order valence-electron chi connectivity index (χ4n) is 5.09. The Morgan fingerprint density at radius 3 is 2.68 bits per heavy atom. The maximum absolute atomic E-state index is 13.9. The zero-order valence-corrected chi connectivity index (χ0v) is 23.0. The summed E-state index contributed by atoms with van der Waals surface area (Å²) in [7, 11) is 1.62.